The van der Waals surface area contributed by atoms with Crippen LogP contribution in [-0.4, -0.2) is 33.8 Å². The molecule has 0 aliphatic heterocycles. The van der Waals surface area contributed by atoms with E-state index in [0.717, 1.165) is 16.0 Å². The fourth-order valence-electron chi connectivity index (χ4n) is 1.77. The molecule has 1 aromatic carbocycles. The van der Waals surface area contributed by atoms with Crippen molar-refractivity contribution in [3.8, 4) is 0 Å². The van der Waals surface area contributed by atoms with Gasteiger partial charge in [0.15, 0.2) is 4.34 Å². The quantitative estimate of drug-likeness (QED) is 0.653. The zero-order valence-corrected chi connectivity index (χ0v) is 15.3. The van der Waals surface area contributed by atoms with E-state index in [4.69, 9.17) is 0 Å². The van der Waals surface area contributed by atoms with E-state index in [0.29, 0.717) is 11.4 Å². The molecule has 7 nitrogen and oxygen atoms in total. The summed E-state index contributed by atoms with van der Waals surface area (Å²) in [6.45, 7) is 6.04. The van der Waals surface area contributed by atoms with Gasteiger partial charge >= 0.3 is 0 Å². The molecule has 24 heavy (non-hydrogen) atoms. The van der Waals surface area contributed by atoms with Gasteiger partial charge in [0, 0.05) is 24.8 Å². The number of amides is 2. The fourth-order valence-corrected chi connectivity index (χ4v) is 3.73. The first kappa shape index (κ1) is 18.2. The van der Waals surface area contributed by atoms with Gasteiger partial charge in [-0.1, -0.05) is 23.1 Å². The van der Waals surface area contributed by atoms with Crippen molar-refractivity contribution in [2.24, 2.45) is 0 Å². The van der Waals surface area contributed by atoms with Gasteiger partial charge in [0.25, 0.3) is 0 Å². The molecule has 9 heteroatoms. The molecule has 2 aromatic rings. The number of anilines is 3. The molecular formula is C15H19N5O2S2. The lowest BCUT2D eigenvalue weighted by Crippen LogP contribution is -2.22. The van der Waals surface area contributed by atoms with Crippen molar-refractivity contribution in [3.63, 3.8) is 0 Å². The second-order valence-electron chi connectivity index (χ2n) is 4.91. The lowest BCUT2D eigenvalue weighted by molar-refractivity contribution is -0.115. The van der Waals surface area contributed by atoms with Crippen LogP contribution in [-0.2, 0) is 9.59 Å². The van der Waals surface area contributed by atoms with Crippen molar-refractivity contribution in [1.29, 1.82) is 0 Å². The predicted molar refractivity (Wildman–Crippen MR) is 98.8 cm³/mol. The molecule has 0 spiro atoms. The van der Waals surface area contributed by atoms with Crippen LogP contribution < -0.4 is 16.0 Å². The lowest BCUT2D eigenvalue weighted by Gasteiger charge is -2.11. The van der Waals surface area contributed by atoms with Gasteiger partial charge in [-0.15, -0.1) is 10.2 Å². The first-order valence-corrected chi connectivity index (χ1v) is 9.10. The second-order valence-corrected chi connectivity index (χ2v) is 7.48. The fraction of sp³-hybridized carbons (Fsp3) is 0.333. The first-order chi connectivity index (χ1) is 11.5. The molecule has 0 aliphatic rings. The Morgan fingerprint density at radius 3 is 2.38 bits per heavy atom. The highest BCUT2D eigenvalue weighted by atomic mass is 32.2. The SMILES string of the molecule is CCNc1nnc(S[C@H](C)C(=O)Nc2ccc(NC(C)=O)cc2)s1. The maximum atomic E-state index is 12.3. The summed E-state index contributed by atoms with van der Waals surface area (Å²) in [7, 11) is 0. The summed E-state index contributed by atoms with van der Waals surface area (Å²) in [5.41, 5.74) is 1.36. The molecule has 0 bridgehead atoms. The number of carbonyl (C=O) groups is 2. The molecule has 0 fully saturated rings. The Morgan fingerprint density at radius 1 is 1.17 bits per heavy atom. The highest BCUT2D eigenvalue weighted by Crippen LogP contribution is 2.29. The second kappa shape index (κ2) is 8.65. The van der Waals surface area contributed by atoms with E-state index in [1.165, 1.54) is 30.0 Å². The predicted octanol–water partition coefficient (Wildman–Crippen LogP) is 3.05. The number of aromatic nitrogens is 2. The molecule has 0 unspecified atom stereocenters. The van der Waals surface area contributed by atoms with Crippen LogP contribution in [0.4, 0.5) is 16.5 Å². The Hall–Kier alpha value is -2.13. The molecule has 0 saturated heterocycles. The molecule has 1 atom stereocenters. The van der Waals surface area contributed by atoms with Gasteiger partial charge in [0.05, 0.1) is 5.25 Å². The third-order valence-electron chi connectivity index (χ3n) is 2.85. The van der Waals surface area contributed by atoms with Crippen LogP contribution in [0.25, 0.3) is 0 Å². The first-order valence-electron chi connectivity index (χ1n) is 7.40. The Balaban J connectivity index is 1.89. The van der Waals surface area contributed by atoms with Crippen LogP contribution >= 0.6 is 23.1 Å². The Bertz CT molecular complexity index is 702. The molecule has 0 saturated carbocycles. The Labute approximate surface area is 148 Å². The van der Waals surface area contributed by atoms with E-state index in [1.54, 1.807) is 24.3 Å². The lowest BCUT2D eigenvalue weighted by atomic mass is 10.2. The topological polar surface area (TPSA) is 96.0 Å². The minimum atomic E-state index is -0.303. The maximum Gasteiger partial charge on any atom is 0.237 e. The summed E-state index contributed by atoms with van der Waals surface area (Å²) in [6, 6.07) is 6.97. The van der Waals surface area contributed by atoms with Crippen molar-refractivity contribution in [1.82, 2.24) is 10.2 Å². The van der Waals surface area contributed by atoms with E-state index >= 15 is 0 Å². The van der Waals surface area contributed by atoms with E-state index in [9.17, 15) is 9.59 Å². The van der Waals surface area contributed by atoms with Crippen LogP contribution in [0.5, 0.6) is 0 Å². The molecule has 0 radical (unpaired) electrons. The molecule has 1 heterocycles. The summed E-state index contributed by atoms with van der Waals surface area (Å²) in [4.78, 5) is 23.2. The molecule has 2 amide bonds. The maximum absolute atomic E-state index is 12.3. The minimum absolute atomic E-state index is 0.118. The third-order valence-corrected chi connectivity index (χ3v) is 4.92. The van der Waals surface area contributed by atoms with Gasteiger partial charge < -0.3 is 16.0 Å². The summed E-state index contributed by atoms with van der Waals surface area (Å²) >= 11 is 2.79. The largest absolute Gasteiger partial charge is 0.360 e. The summed E-state index contributed by atoms with van der Waals surface area (Å²) in [5, 5.41) is 17.1. The Morgan fingerprint density at radius 2 is 1.79 bits per heavy atom. The van der Waals surface area contributed by atoms with Gasteiger partial charge in [-0.2, -0.15) is 0 Å². The normalized spacial score (nSPS) is 11.6. The van der Waals surface area contributed by atoms with Gasteiger partial charge in [0.1, 0.15) is 0 Å². The highest BCUT2D eigenvalue weighted by Gasteiger charge is 2.17. The van der Waals surface area contributed by atoms with Crippen LogP contribution in [0.3, 0.4) is 0 Å². The van der Waals surface area contributed by atoms with Gasteiger partial charge in [-0.05, 0) is 38.1 Å². The number of thioether (sulfide) groups is 1. The van der Waals surface area contributed by atoms with Crippen LogP contribution in [0.2, 0.25) is 0 Å². The van der Waals surface area contributed by atoms with Crippen LogP contribution in [0.15, 0.2) is 28.6 Å². The summed E-state index contributed by atoms with van der Waals surface area (Å²) in [6.07, 6.45) is 0. The van der Waals surface area contributed by atoms with E-state index in [-0.39, 0.29) is 17.1 Å². The summed E-state index contributed by atoms with van der Waals surface area (Å²) in [5.74, 6) is -0.252. The van der Waals surface area contributed by atoms with Crippen molar-refractivity contribution < 1.29 is 9.59 Å². The van der Waals surface area contributed by atoms with Crippen molar-refractivity contribution in [2.45, 2.75) is 30.4 Å². The number of nitrogens with one attached hydrogen (secondary N) is 3. The van der Waals surface area contributed by atoms with Gasteiger partial charge in [0.2, 0.25) is 16.9 Å². The van der Waals surface area contributed by atoms with Crippen molar-refractivity contribution >= 4 is 51.4 Å². The van der Waals surface area contributed by atoms with Crippen LogP contribution in [0.1, 0.15) is 20.8 Å². The number of nitrogens with zero attached hydrogens (tertiary/aromatic N) is 2. The molecule has 0 aliphatic carbocycles. The van der Waals surface area contributed by atoms with Gasteiger partial charge in [-0.3, -0.25) is 9.59 Å². The molecule has 2 rings (SSSR count). The third kappa shape index (κ3) is 5.50. The number of carbonyl (C=O) groups excluding carboxylic acids is 2. The van der Waals surface area contributed by atoms with Gasteiger partial charge in [-0.25, -0.2) is 0 Å². The van der Waals surface area contributed by atoms with E-state index in [2.05, 4.69) is 26.1 Å². The van der Waals surface area contributed by atoms with Crippen molar-refractivity contribution in [3.05, 3.63) is 24.3 Å². The molecular weight excluding hydrogens is 346 g/mol. The minimum Gasteiger partial charge on any atom is -0.360 e. The zero-order valence-electron chi connectivity index (χ0n) is 13.6. The monoisotopic (exact) mass is 365 g/mol. The standard InChI is InChI=1S/C15H19N5O2S2/c1-4-16-14-19-20-15(24-14)23-9(2)13(22)18-12-7-5-11(6-8-12)17-10(3)21/h5-9H,4H2,1-3H3,(H,16,19)(H,17,21)(H,18,22)/t9-/m1/s1. The highest BCUT2D eigenvalue weighted by molar-refractivity contribution is 8.02. The van der Waals surface area contributed by atoms with Crippen LogP contribution in [0, 0.1) is 0 Å². The molecule has 1 aromatic heterocycles. The molecule has 3 N–H and O–H groups in total. The average Bonchev–Trinajstić information content (AvgIpc) is 2.96. The smallest absolute Gasteiger partial charge is 0.237 e. The number of rotatable bonds is 7. The average molecular weight is 365 g/mol. The van der Waals surface area contributed by atoms with E-state index < -0.39 is 0 Å². The van der Waals surface area contributed by atoms with E-state index in [1.807, 2.05) is 13.8 Å². The number of hydrogen-bond acceptors (Lipinski definition) is 7. The number of hydrogen-bond donors (Lipinski definition) is 3. The Kier molecular flexibility index (Phi) is 6.56. The summed E-state index contributed by atoms with van der Waals surface area (Å²) < 4.78 is 0.745. The number of benzene rings is 1. The molecule has 128 valence electrons. The van der Waals surface area contributed by atoms with Crippen molar-refractivity contribution in [2.75, 3.05) is 22.5 Å². The zero-order chi connectivity index (χ0) is 17.5.